The zero-order valence-electron chi connectivity index (χ0n) is 7.36. The Balaban J connectivity index is 2.61. The first-order valence-corrected chi connectivity index (χ1v) is 3.87. The van der Waals surface area contributed by atoms with E-state index in [0.717, 1.165) is 0 Å². The minimum Gasteiger partial charge on any atom is -0.384 e. The number of rotatable bonds is 3. The molecule has 0 spiro atoms. The van der Waals surface area contributed by atoms with Gasteiger partial charge in [-0.25, -0.2) is 4.98 Å². The highest BCUT2D eigenvalue weighted by atomic mass is 16.2. The maximum atomic E-state index is 11.3. The third-order valence-corrected chi connectivity index (χ3v) is 1.47. The second kappa shape index (κ2) is 4.22. The monoisotopic (exact) mass is 194 g/mol. The van der Waals surface area contributed by atoms with Gasteiger partial charge in [0.15, 0.2) is 0 Å². The zero-order chi connectivity index (χ0) is 10.6. The standard InChI is InChI=1S/C8H10N4O2/c9-6-2-1-5(3-11-6)8(14)12-4-7(10)13/h1-3H,4H2,(H2,9,11)(H2,10,13)(H,12,14). The number of nitrogen functional groups attached to an aromatic ring is 1. The average Bonchev–Trinajstić information content (AvgIpc) is 2.15. The molecule has 0 aliphatic carbocycles. The Kier molecular flexibility index (Phi) is 3.01. The van der Waals surface area contributed by atoms with E-state index in [-0.39, 0.29) is 6.54 Å². The number of nitrogens with zero attached hydrogens (tertiary/aromatic N) is 1. The number of anilines is 1. The van der Waals surface area contributed by atoms with Crippen molar-refractivity contribution in [3.8, 4) is 0 Å². The van der Waals surface area contributed by atoms with Crippen LogP contribution in [0, 0.1) is 0 Å². The number of carbonyl (C=O) groups is 2. The summed E-state index contributed by atoms with van der Waals surface area (Å²) in [7, 11) is 0. The lowest BCUT2D eigenvalue weighted by Gasteiger charge is -2.01. The van der Waals surface area contributed by atoms with Crippen molar-refractivity contribution >= 4 is 17.6 Å². The molecule has 1 aromatic heterocycles. The second-order valence-electron chi connectivity index (χ2n) is 2.62. The van der Waals surface area contributed by atoms with E-state index < -0.39 is 11.8 Å². The van der Waals surface area contributed by atoms with E-state index in [1.165, 1.54) is 18.3 Å². The molecule has 74 valence electrons. The summed E-state index contributed by atoms with van der Waals surface area (Å²) in [5, 5.41) is 2.32. The molecule has 0 unspecified atom stereocenters. The third kappa shape index (κ3) is 2.74. The Labute approximate surface area is 80.3 Å². The Hall–Kier alpha value is -2.11. The van der Waals surface area contributed by atoms with Gasteiger partial charge >= 0.3 is 0 Å². The highest BCUT2D eigenvalue weighted by molar-refractivity contribution is 5.96. The molecule has 0 saturated carbocycles. The lowest BCUT2D eigenvalue weighted by atomic mass is 10.2. The molecule has 1 heterocycles. The van der Waals surface area contributed by atoms with Crippen LogP contribution in [0.1, 0.15) is 10.4 Å². The highest BCUT2D eigenvalue weighted by Gasteiger charge is 2.05. The molecule has 6 nitrogen and oxygen atoms in total. The van der Waals surface area contributed by atoms with Crippen LogP contribution in [0.3, 0.4) is 0 Å². The van der Waals surface area contributed by atoms with Crippen LogP contribution in [0.15, 0.2) is 18.3 Å². The van der Waals surface area contributed by atoms with Gasteiger partial charge in [-0.15, -0.1) is 0 Å². The molecular weight excluding hydrogens is 184 g/mol. The van der Waals surface area contributed by atoms with Crippen molar-refractivity contribution in [1.29, 1.82) is 0 Å². The fourth-order valence-corrected chi connectivity index (χ4v) is 0.809. The Bertz CT molecular complexity index is 347. The van der Waals surface area contributed by atoms with Crippen LogP contribution in [0.25, 0.3) is 0 Å². The zero-order valence-corrected chi connectivity index (χ0v) is 7.36. The van der Waals surface area contributed by atoms with E-state index in [1.807, 2.05) is 0 Å². The molecule has 1 aromatic rings. The largest absolute Gasteiger partial charge is 0.384 e. The maximum absolute atomic E-state index is 11.3. The minimum absolute atomic E-state index is 0.191. The van der Waals surface area contributed by atoms with Gasteiger partial charge in [0.05, 0.1) is 12.1 Å². The van der Waals surface area contributed by atoms with Crippen molar-refractivity contribution in [2.45, 2.75) is 0 Å². The maximum Gasteiger partial charge on any atom is 0.253 e. The van der Waals surface area contributed by atoms with Gasteiger partial charge in [-0.2, -0.15) is 0 Å². The normalized spacial score (nSPS) is 9.43. The van der Waals surface area contributed by atoms with E-state index >= 15 is 0 Å². The molecule has 6 heteroatoms. The van der Waals surface area contributed by atoms with Gasteiger partial charge in [-0.05, 0) is 12.1 Å². The molecule has 2 amide bonds. The smallest absolute Gasteiger partial charge is 0.253 e. The van der Waals surface area contributed by atoms with Gasteiger partial charge < -0.3 is 16.8 Å². The molecule has 1 rings (SSSR count). The molecule has 0 atom stereocenters. The predicted octanol–water partition coefficient (Wildman–Crippen LogP) is -1.12. The van der Waals surface area contributed by atoms with Crippen molar-refractivity contribution in [2.24, 2.45) is 5.73 Å². The Morgan fingerprint density at radius 3 is 2.64 bits per heavy atom. The van der Waals surface area contributed by atoms with Crippen molar-refractivity contribution in [3.63, 3.8) is 0 Å². The van der Waals surface area contributed by atoms with E-state index in [2.05, 4.69) is 10.3 Å². The van der Waals surface area contributed by atoms with Crippen molar-refractivity contribution in [3.05, 3.63) is 23.9 Å². The van der Waals surface area contributed by atoms with Crippen LogP contribution >= 0.6 is 0 Å². The van der Waals surface area contributed by atoms with Crippen LogP contribution in [-0.4, -0.2) is 23.3 Å². The van der Waals surface area contributed by atoms with Gasteiger partial charge in [-0.3, -0.25) is 9.59 Å². The topological polar surface area (TPSA) is 111 Å². The first-order chi connectivity index (χ1) is 6.59. The molecule has 0 fully saturated rings. The summed E-state index contributed by atoms with van der Waals surface area (Å²) in [6, 6.07) is 3.01. The predicted molar refractivity (Wildman–Crippen MR) is 50.2 cm³/mol. The number of carbonyl (C=O) groups excluding carboxylic acids is 2. The second-order valence-corrected chi connectivity index (χ2v) is 2.62. The number of nitrogens with one attached hydrogen (secondary N) is 1. The number of aromatic nitrogens is 1. The molecule has 0 aliphatic rings. The van der Waals surface area contributed by atoms with Crippen LogP contribution in [0.5, 0.6) is 0 Å². The first kappa shape index (κ1) is 9.97. The third-order valence-electron chi connectivity index (χ3n) is 1.47. The highest BCUT2D eigenvalue weighted by Crippen LogP contribution is 2.00. The van der Waals surface area contributed by atoms with Crippen LogP contribution in [0.4, 0.5) is 5.82 Å². The lowest BCUT2D eigenvalue weighted by molar-refractivity contribution is -0.117. The quantitative estimate of drug-likeness (QED) is 0.565. The number of primary amides is 1. The first-order valence-electron chi connectivity index (χ1n) is 3.87. The summed E-state index contributed by atoms with van der Waals surface area (Å²) < 4.78 is 0. The summed E-state index contributed by atoms with van der Waals surface area (Å²) in [6.45, 7) is -0.191. The molecule has 0 radical (unpaired) electrons. The SMILES string of the molecule is NC(=O)CNC(=O)c1ccc(N)nc1. The van der Waals surface area contributed by atoms with Gasteiger partial charge in [0.2, 0.25) is 5.91 Å². The lowest BCUT2D eigenvalue weighted by Crippen LogP contribution is -2.33. The summed E-state index contributed by atoms with van der Waals surface area (Å²) in [5.74, 6) is -0.672. The van der Waals surface area contributed by atoms with Gasteiger partial charge in [-0.1, -0.05) is 0 Å². The van der Waals surface area contributed by atoms with Gasteiger partial charge in [0.1, 0.15) is 5.82 Å². The summed E-state index contributed by atoms with van der Waals surface area (Å²) in [4.78, 5) is 25.3. The molecule has 0 aromatic carbocycles. The van der Waals surface area contributed by atoms with Crippen LogP contribution in [-0.2, 0) is 4.79 Å². The molecule has 5 N–H and O–H groups in total. The molecule has 14 heavy (non-hydrogen) atoms. The number of hydrogen-bond donors (Lipinski definition) is 3. The number of amides is 2. The molecule has 0 saturated heterocycles. The molecular formula is C8H10N4O2. The van der Waals surface area contributed by atoms with Crippen molar-refractivity contribution in [1.82, 2.24) is 10.3 Å². The average molecular weight is 194 g/mol. The number of hydrogen-bond acceptors (Lipinski definition) is 4. The summed E-state index contributed by atoms with van der Waals surface area (Å²) in [6.07, 6.45) is 1.33. The summed E-state index contributed by atoms with van der Waals surface area (Å²) in [5.41, 5.74) is 10.5. The Morgan fingerprint density at radius 1 is 1.43 bits per heavy atom. The van der Waals surface area contributed by atoms with Gasteiger partial charge in [0.25, 0.3) is 5.91 Å². The molecule has 0 aliphatic heterocycles. The van der Waals surface area contributed by atoms with E-state index in [0.29, 0.717) is 11.4 Å². The van der Waals surface area contributed by atoms with E-state index in [1.54, 1.807) is 0 Å². The molecule has 0 bridgehead atoms. The fraction of sp³-hybridized carbons (Fsp3) is 0.125. The van der Waals surface area contributed by atoms with Crippen molar-refractivity contribution in [2.75, 3.05) is 12.3 Å². The van der Waals surface area contributed by atoms with E-state index in [4.69, 9.17) is 11.5 Å². The number of pyridine rings is 1. The minimum atomic E-state index is -0.596. The van der Waals surface area contributed by atoms with Crippen LogP contribution < -0.4 is 16.8 Å². The summed E-state index contributed by atoms with van der Waals surface area (Å²) >= 11 is 0. The fourth-order valence-electron chi connectivity index (χ4n) is 0.809. The Morgan fingerprint density at radius 2 is 2.14 bits per heavy atom. The van der Waals surface area contributed by atoms with Crippen molar-refractivity contribution < 1.29 is 9.59 Å². The van der Waals surface area contributed by atoms with E-state index in [9.17, 15) is 9.59 Å². The van der Waals surface area contributed by atoms with Crippen LogP contribution in [0.2, 0.25) is 0 Å². The number of nitrogens with two attached hydrogens (primary N) is 2. The van der Waals surface area contributed by atoms with Gasteiger partial charge in [0, 0.05) is 6.20 Å².